The van der Waals surface area contributed by atoms with Gasteiger partial charge in [-0.15, -0.1) is 0 Å². The number of rotatable bonds is 12. The molecule has 2 heterocycles. The molecule has 2 aromatic heterocycles. The monoisotopic (exact) mass is 409 g/mol. The van der Waals surface area contributed by atoms with E-state index in [0.717, 1.165) is 43.6 Å². The molecule has 29 heavy (non-hydrogen) atoms. The molecule has 0 spiro atoms. The van der Waals surface area contributed by atoms with E-state index in [4.69, 9.17) is 4.74 Å². The van der Waals surface area contributed by atoms with Crippen LogP contribution in [0.1, 0.15) is 42.4 Å². The van der Waals surface area contributed by atoms with Crippen molar-refractivity contribution in [3.63, 3.8) is 0 Å². The van der Waals surface area contributed by atoms with E-state index in [9.17, 15) is 4.79 Å². The van der Waals surface area contributed by atoms with Crippen molar-refractivity contribution < 1.29 is 4.74 Å². The van der Waals surface area contributed by atoms with Gasteiger partial charge < -0.3 is 9.72 Å². The summed E-state index contributed by atoms with van der Waals surface area (Å²) in [5.41, 5.74) is 2.82. The summed E-state index contributed by atoms with van der Waals surface area (Å²) in [5.74, 6) is 0.954. The van der Waals surface area contributed by atoms with Crippen molar-refractivity contribution in [3.05, 3.63) is 88.1 Å². The smallest absolute Gasteiger partial charge is 0.255 e. The molecule has 0 saturated carbocycles. The Hall–Kier alpha value is -2.44. The van der Waals surface area contributed by atoms with E-state index in [0.29, 0.717) is 23.7 Å². The molecule has 0 amide bonds. The maximum absolute atomic E-state index is 12.2. The normalized spacial score (nSPS) is 10.9. The van der Waals surface area contributed by atoms with Gasteiger partial charge in [-0.3, -0.25) is 9.78 Å². The zero-order chi connectivity index (χ0) is 20.2. The zero-order valence-electron chi connectivity index (χ0n) is 16.5. The highest BCUT2D eigenvalue weighted by Crippen LogP contribution is 2.15. The lowest BCUT2D eigenvalue weighted by Gasteiger charge is -2.05. The van der Waals surface area contributed by atoms with Gasteiger partial charge >= 0.3 is 0 Å². The molecule has 6 heteroatoms. The fraction of sp³-hybridized carbons (Fsp3) is 0.348. The Balaban J connectivity index is 1.27. The van der Waals surface area contributed by atoms with Crippen molar-refractivity contribution in [2.45, 2.75) is 43.9 Å². The van der Waals surface area contributed by atoms with Gasteiger partial charge in [0.05, 0.1) is 6.61 Å². The van der Waals surface area contributed by atoms with E-state index < -0.39 is 0 Å². The van der Waals surface area contributed by atoms with Gasteiger partial charge in [0.25, 0.3) is 5.56 Å². The van der Waals surface area contributed by atoms with Crippen molar-refractivity contribution in [2.24, 2.45) is 0 Å². The van der Waals surface area contributed by atoms with Crippen LogP contribution in [0.5, 0.6) is 0 Å². The zero-order valence-corrected chi connectivity index (χ0v) is 17.4. The Morgan fingerprint density at radius 1 is 0.931 bits per heavy atom. The van der Waals surface area contributed by atoms with Gasteiger partial charge in [-0.05, 0) is 30.0 Å². The first kappa shape index (κ1) is 21.3. The summed E-state index contributed by atoms with van der Waals surface area (Å²) in [6, 6.07) is 14.1. The number of nitrogens with zero attached hydrogens (tertiary/aromatic N) is 2. The Kier molecular flexibility index (Phi) is 8.94. The molecule has 0 aliphatic rings. The average Bonchev–Trinajstić information content (AvgIpc) is 2.76. The van der Waals surface area contributed by atoms with E-state index in [1.165, 1.54) is 5.56 Å². The largest absolute Gasteiger partial charge is 0.377 e. The third-order valence-electron chi connectivity index (χ3n) is 4.50. The highest BCUT2D eigenvalue weighted by Gasteiger charge is 2.05. The molecule has 0 atom stereocenters. The van der Waals surface area contributed by atoms with Crippen molar-refractivity contribution in [1.82, 2.24) is 15.0 Å². The number of aromatic amines is 1. The molecule has 0 unspecified atom stereocenters. The summed E-state index contributed by atoms with van der Waals surface area (Å²) in [7, 11) is 0. The Labute approximate surface area is 176 Å². The lowest BCUT2D eigenvalue weighted by Crippen LogP contribution is -2.14. The van der Waals surface area contributed by atoms with Crippen LogP contribution < -0.4 is 5.56 Å². The van der Waals surface area contributed by atoms with Crippen molar-refractivity contribution in [2.75, 3.05) is 12.4 Å². The molecular weight excluding hydrogens is 382 g/mol. The van der Waals surface area contributed by atoms with Crippen molar-refractivity contribution >= 4 is 11.8 Å². The Morgan fingerprint density at radius 3 is 2.55 bits per heavy atom. The van der Waals surface area contributed by atoms with E-state index in [2.05, 4.69) is 27.1 Å². The molecule has 0 saturated heterocycles. The summed E-state index contributed by atoms with van der Waals surface area (Å²) in [6.45, 7) is 1.49. The number of thioether (sulfide) groups is 1. The molecular formula is C23H27N3O2S. The minimum absolute atomic E-state index is 0.0677. The van der Waals surface area contributed by atoms with Crippen molar-refractivity contribution in [1.29, 1.82) is 0 Å². The molecule has 3 rings (SSSR count). The highest BCUT2D eigenvalue weighted by molar-refractivity contribution is 7.99. The van der Waals surface area contributed by atoms with Gasteiger partial charge in [-0.1, -0.05) is 61.0 Å². The number of H-pyrrole nitrogens is 1. The molecule has 0 fully saturated rings. The van der Waals surface area contributed by atoms with Crippen LogP contribution in [-0.4, -0.2) is 27.3 Å². The second-order valence-corrected chi connectivity index (χ2v) is 7.97. The molecule has 0 bridgehead atoms. The number of benzene rings is 1. The Morgan fingerprint density at radius 2 is 1.76 bits per heavy atom. The number of ether oxygens (including phenoxy) is 1. The van der Waals surface area contributed by atoms with Crippen LogP contribution in [0.2, 0.25) is 0 Å². The van der Waals surface area contributed by atoms with Crippen LogP contribution in [0.15, 0.2) is 71.0 Å². The standard InChI is InChI=1S/C23H27N3O2S/c27-22-21(15-20-11-8-12-24-16-20)17-25-23(26-22)29-14-7-2-1-6-13-28-18-19-9-4-3-5-10-19/h3-5,8-12,16-17H,1-2,6-7,13-15,18H2,(H,25,26,27). The first-order chi connectivity index (χ1) is 14.3. The lowest BCUT2D eigenvalue weighted by atomic mass is 10.1. The number of nitrogens with one attached hydrogen (secondary N) is 1. The topological polar surface area (TPSA) is 67.9 Å². The Bertz CT molecular complexity index is 901. The first-order valence-corrected chi connectivity index (χ1v) is 11.0. The predicted molar refractivity (Wildman–Crippen MR) is 117 cm³/mol. The fourth-order valence-corrected chi connectivity index (χ4v) is 3.75. The minimum Gasteiger partial charge on any atom is -0.377 e. The van der Waals surface area contributed by atoms with E-state index in [1.807, 2.05) is 30.3 Å². The van der Waals surface area contributed by atoms with Crippen LogP contribution >= 0.6 is 11.8 Å². The third-order valence-corrected chi connectivity index (χ3v) is 5.47. The van der Waals surface area contributed by atoms with Gasteiger partial charge in [0.1, 0.15) is 0 Å². The van der Waals surface area contributed by atoms with E-state index in [1.54, 1.807) is 30.4 Å². The van der Waals surface area contributed by atoms with E-state index >= 15 is 0 Å². The number of unbranched alkanes of at least 4 members (excludes halogenated alkanes) is 3. The molecule has 0 aliphatic heterocycles. The summed E-state index contributed by atoms with van der Waals surface area (Å²) >= 11 is 1.60. The molecule has 5 nitrogen and oxygen atoms in total. The SMILES string of the molecule is O=c1[nH]c(SCCCCCCOCc2ccccc2)ncc1Cc1cccnc1. The molecule has 152 valence electrons. The van der Waals surface area contributed by atoms with Gasteiger partial charge in [-0.25, -0.2) is 4.98 Å². The number of aromatic nitrogens is 3. The molecule has 1 aromatic carbocycles. The quantitative estimate of drug-likeness (QED) is 0.268. The molecule has 0 radical (unpaired) electrons. The predicted octanol–water partition coefficient (Wildman–Crippen LogP) is 4.63. The summed E-state index contributed by atoms with van der Waals surface area (Å²) in [4.78, 5) is 23.6. The summed E-state index contributed by atoms with van der Waals surface area (Å²) in [6.07, 6.45) is 10.2. The van der Waals surface area contributed by atoms with Crippen LogP contribution in [0.25, 0.3) is 0 Å². The van der Waals surface area contributed by atoms with Crippen LogP contribution in [0.4, 0.5) is 0 Å². The molecule has 1 N–H and O–H groups in total. The van der Waals surface area contributed by atoms with Crippen LogP contribution in [-0.2, 0) is 17.8 Å². The number of hydrogen-bond donors (Lipinski definition) is 1. The second kappa shape index (κ2) is 12.2. The maximum Gasteiger partial charge on any atom is 0.255 e. The lowest BCUT2D eigenvalue weighted by molar-refractivity contribution is 0.117. The van der Waals surface area contributed by atoms with Crippen molar-refractivity contribution in [3.8, 4) is 0 Å². The fourth-order valence-electron chi connectivity index (χ4n) is 2.92. The average molecular weight is 410 g/mol. The minimum atomic E-state index is -0.0677. The molecule has 0 aliphatic carbocycles. The van der Waals surface area contributed by atoms with Crippen LogP contribution in [0.3, 0.4) is 0 Å². The van der Waals surface area contributed by atoms with Gasteiger partial charge in [0, 0.05) is 42.9 Å². The number of hydrogen-bond acceptors (Lipinski definition) is 5. The number of pyridine rings is 1. The highest BCUT2D eigenvalue weighted by atomic mass is 32.2. The maximum atomic E-state index is 12.2. The molecule has 3 aromatic rings. The van der Waals surface area contributed by atoms with Crippen LogP contribution in [0, 0.1) is 0 Å². The third kappa shape index (κ3) is 7.83. The van der Waals surface area contributed by atoms with Gasteiger partial charge in [0.15, 0.2) is 5.16 Å². The van der Waals surface area contributed by atoms with Gasteiger partial charge in [-0.2, -0.15) is 0 Å². The van der Waals surface area contributed by atoms with E-state index in [-0.39, 0.29) is 5.56 Å². The second-order valence-electron chi connectivity index (χ2n) is 6.88. The first-order valence-electron chi connectivity index (χ1n) is 10.0. The summed E-state index contributed by atoms with van der Waals surface area (Å²) < 4.78 is 5.70. The summed E-state index contributed by atoms with van der Waals surface area (Å²) in [5, 5.41) is 0.691. The van der Waals surface area contributed by atoms with Gasteiger partial charge in [0.2, 0.25) is 0 Å².